The highest BCUT2D eigenvalue weighted by Gasteiger charge is 2.25. The molecule has 0 saturated heterocycles. The quantitative estimate of drug-likeness (QED) is 0.133. The molecular formula is C76H76N2. The summed E-state index contributed by atoms with van der Waals surface area (Å²) < 4.78 is 0. The first-order valence-electron chi connectivity index (χ1n) is 28.2. The standard InChI is InChI=1S/C76H76N2/c1-73(2,3)54-30-42-60(43-31-54)77(61-44-32-55(33-45-61)74(4,5)6)58-38-26-52(27-39-58)69-50-68(51-20-14-13-15-21-51)70(72-67-25-19-17-23-65(67)64-22-16-18-24-66(64)71(69)72)53-28-40-59(41-29-53)78(62-46-34-56(35-47-62)75(7,8)9)63-48-36-57(37-49-63)76(10,11)12/h14,16-50H,13,15H2,1-12H3. The minimum absolute atomic E-state index is 0.0528. The molecule has 0 bridgehead atoms. The van der Waals surface area contributed by atoms with Crippen molar-refractivity contribution < 1.29 is 0 Å². The van der Waals surface area contributed by atoms with Crippen molar-refractivity contribution >= 4 is 72.0 Å². The third-order valence-electron chi connectivity index (χ3n) is 16.1. The lowest BCUT2D eigenvalue weighted by Gasteiger charge is -2.28. The van der Waals surface area contributed by atoms with E-state index in [1.165, 1.54) is 88.0 Å². The number of hydrogen-bond acceptors (Lipinski definition) is 2. The number of nitrogens with zero attached hydrogens (tertiary/aromatic N) is 2. The van der Waals surface area contributed by atoms with Crippen molar-refractivity contribution in [3.05, 3.63) is 246 Å². The van der Waals surface area contributed by atoms with E-state index in [0.717, 1.165) is 47.0 Å². The number of anilines is 6. The molecule has 390 valence electrons. The maximum atomic E-state index is 2.51. The Kier molecular flexibility index (Phi) is 13.5. The summed E-state index contributed by atoms with van der Waals surface area (Å²) in [6.07, 6.45) is 9.21. The molecule has 1 aliphatic carbocycles. The molecule has 0 aliphatic heterocycles. The van der Waals surface area contributed by atoms with Gasteiger partial charge in [0.15, 0.2) is 0 Å². The van der Waals surface area contributed by atoms with E-state index in [-0.39, 0.29) is 21.7 Å². The van der Waals surface area contributed by atoms with Crippen LogP contribution in [-0.4, -0.2) is 0 Å². The van der Waals surface area contributed by atoms with Crippen LogP contribution in [0.3, 0.4) is 0 Å². The Morgan fingerprint density at radius 3 is 0.962 bits per heavy atom. The van der Waals surface area contributed by atoms with Crippen molar-refractivity contribution in [2.24, 2.45) is 0 Å². The smallest absolute Gasteiger partial charge is 0.0462 e. The number of allylic oxidation sites excluding steroid dienone is 4. The Morgan fingerprint density at radius 2 is 0.628 bits per heavy atom. The third kappa shape index (κ3) is 10.1. The van der Waals surface area contributed by atoms with Gasteiger partial charge in [-0.05, 0) is 201 Å². The number of fused-ring (bicyclic) bond motifs is 6. The zero-order valence-corrected chi connectivity index (χ0v) is 48.1. The van der Waals surface area contributed by atoms with Gasteiger partial charge < -0.3 is 9.80 Å². The van der Waals surface area contributed by atoms with E-state index >= 15 is 0 Å². The second-order valence-corrected chi connectivity index (χ2v) is 25.8. The van der Waals surface area contributed by atoms with Crippen LogP contribution in [0.25, 0.3) is 60.1 Å². The van der Waals surface area contributed by atoms with Crippen LogP contribution in [0.2, 0.25) is 0 Å². The van der Waals surface area contributed by atoms with Gasteiger partial charge in [-0.25, -0.2) is 0 Å². The van der Waals surface area contributed by atoms with Crippen LogP contribution in [-0.2, 0) is 21.7 Å². The molecule has 0 unspecified atom stereocenters. The largest absolute Gasteiger partial charge is 0.311 e. The van der Waals surface area contributed by atoms with Crippen molar-refractivity contribution in [3.63, 3.8) is 0 Å². The second kappa shape index (κ2) is 20.1. The second-order valence-electron chi connectivity index (χ2n) is 25.8. The van der Waals surface area contributed by atoms with E-state index in [9.17, 15) is 0 Å². The fourth-order valence-corrected chi connectivity index (χ4v) is 11.6. The van der Waals surface area contributed by atoms with Crippen molar-refractivity contribution in [1.82, 2.24) is 0 Å². The molecule has 0 amide bonds. The molecular weight excluding hydrogens is 941 g/mol. The van der Waals surface area contributed by atoms with Gasteiger partial charge in [0.05, 0.1) is 0 Å². The summed E-state index contributed by atoms with van der Waals surface area (Å²) in [7, 11) is 0. The van der Waals surface area contributed by atoms with Crippen LogP contribution in [0.4, 0.5) is 34.1 Å². The molecule has 11 rings (SSSR count). The number of rotatable bonds is 9. The molecule has 0 radical (unpaired) electrons. The summed E-state index contributed by atoms with van der Waals surface area (Å²) >= 11 is 0. The molecule has 0 fully saturated rings. The summed E-state index contributed by atoms with van der Waals surface area (Å²) in [6, 6.07) is 76.0. The monoisotopic (exact) mass is 1020 g/mol. The molecule has 0 spiro atoms. The van der Waals surface area contributed by atoms with E-state index in [4.69, 9.17) is 0 Å². The molecule has 2 heteroatoms. The van der Waals surface area contributed by atoms with Gasteiger partial charge in [0.1, 0.15) is 0 Å². The number of benzene rings is 10. The zero-order valence-electron chi connectivity index (χ0n) is 48.1. The van der Waals surface area contributed by atoms with Crippen LogP contribution < -0.4 is 9.80 Å². The predicted octanol–water partition coefficient (Wildman–Crippen LogP) is 22.3. The van der Waals surface area contributed by atoms with E-state index < -0.39 is 0 Å². The van der Waals surface area contributed by atoms with E-state index in [1.54, 1.807) is 0 Å². The fourth-order valence-electron chi connectivity index (χ4n) is 11.6. The topological polar surface area (TPSA) is 6.48 Å². The number of hydrogen-bond donors (Lipinski definition) is 0. The third-order valence-corrected chi connectivity index (χ3v) is 16.1. The summed E-state index contributed by atoms with van der Waals surface area (Å²) in [4.78, 5) is 4.81. The molecule has 78 heavy (non-hydrogen) atoms. The lowest BCUT2D eigenvalue weighted by molar-refractivity contribution is 0.590. The summed E-state index contributed by atoms with van der Waals surface area (Å²) in [6.45, 7) is 27.4. The van der Waals surface area contributed by atoms with Crippen LogP contribution in [0.5, 0.6) is 0 Å². The maximum absolute atomic E-state index is 2.51. The first kappa shape index (κ1) is 52.1. The summed E-state index contributed by atoms with van der Waals surface area (Å²) in [5.41, 5.74) is 19.6. The molecule has 0 N–H and O–H groups in total. The molecule has 0 atom stereocenters. The van der Waals surface area contributed by atoms with Gasteiger partial charge in [-0.1, -0.05) is 223 Å². The van der Waals surface area contributed by atoms with Gasteiger partial charge in [-0.15, -0.1) is 0 Å². The van der Waals surface area contributed by atoms with Crippen molar-refractivity contribution in [1.29, 1.82) is 0 Å². The van der Waals surface area contributed by atoms with Crippen LogP contribution in [0.15, 0.2) is 218 Å². The van der Waals surface area contributed by atoms with Gasteiger partial charge in [0.2, 0.25) is 0 Å². The summed E-state index contributed by atoms with van der Waals surface area (Å²) in [5.74, 6) is 0. The molecule has 10 aromatic carbocycles. The Balaban J connectivity index is 1.11. The maximum Gasteiger partial charge on any atom is 0.0462 e. The Hall–Kier alpha value is -7.94. The van der Waals surface area contributed by atoms with Gasteiger partial charge >= 0.3 is 0 Å². The highest BCUT2D eigenvalue weighted by molar-refractivity contribution is 6.32. The molecule has 10 aromatic rings. The lowest BCUT2D eigenvalue weighted by atomic mass is 9.80. The molecule has 0 aromatic heterocycles. The summed E-state index contributed by atoms with van der Waals surface area (Å²) in [5, 5.41) is 7.59. The van der Waals surface area contributed by atoms with Crippen LogP contribution in [0.1, 0.15) is 124 Å². The fraction of sp³-hybridized carbons (Fsp3) is 0.237. The zero-order chi connectivity index (χ0) is 54.7. The van der Waals surface area contributed by atoms with Crippen molar-refractivity contribution in [3.8, 4) is 22.3 Å². The van der Waals surface area contributed by atoms with Crippen LogP contribution >= 0.6 is 0 Å². The van der Waals surface area contributed by atoms with Crippen molar-refractivity contribution in [2.75, 3.05) is 9.80 Å². The molecule has 0 heterocycles. The van der Waals surface area contributed by atoms with Gasteiger partial charge in [0.25, 0.3) is 0 Å². The van der Waals surface area contributed by atoms with E-state index in [2.05, 4.69) is 311 Å². The normalized spacial score (nSPS) is 13.3. The highest BCUT2D eigenvalue weighted by atomic mass is 15.1. The first-order chi connectivity index (χ1) is 37.2. The molecule has 0 saturated carbocycles. The van der Waals surface area contributed by atoms with Crippen molar-refractivity contribution in [2.45, 2.75) is 118 Å². The predicted molar refractivity (Wildman–Crippen MR) is 340 cm³/mol. The Morgan fingerprint density at radius 1 is 0.308 bits per heavy atom. The average Bonchev–Trinajstić information content (AvgIpc) is 3.49. The highest BCUT2D eigenvalue weighted by Crippen LogP contribution is 2.50. The van der Waals surface area contributed by atoms with Gasteiger partial charge in [-0.2, -0.15) is 0 Å². The lowest BCUT2D eigenvalue weighted by Crippen LogP contribution is -2.14. The van der Waals surface area contributed by atoms with E-state index in [1.807, 2.05) is 0 Å². The van der Waals surface area contributed by atoms with E-state index in [0.29, 0.717) is 0 Å². The Labute approximate surface area is 465 Å². The SMILES string of the molecule is CC(C)(C)c1ccc(N(c2ccc(-c3cc(C4=CCCC=C4)c(-c4ccc(N(c5ccc(C(C)(C)C)cc5)c5ccc(C(C)(C)C)cc5)cc4)c4c5ccccc5c5ccccc5c34)cc2)c2ccc(C(C)(C)C)cc2)cc1. The average molecular weight is 1020 g/mol. The van der Waals surface area contributed by atoms with Crippen LogP contribution in [0, 0.1) is 0 Å². The first-order valence-corrected chi connectivity index (χ1v) is 28.2. The molecule has 2 nitrogen and oxygen atoms in total. The minimum Gasteiger partial charge on any atom is -0.311 e. The Bertz CT molecular complexity index is 3750. The van der Waals surface area contributed by atoms with Gasteiger partial charge in [-0.3, -0.25) is 0 Å². The minimum atomic E-state index is 0.0528. The molecule has 1 aliphatic rings. The van der Waals surface area contributed by atoms with Gasteiger partial charge in [0, 0.05) is 34.1 Å².